The van der Waals surface area contributed by atoms with Crippen LogP contribution in [0.4, 0.5) is 0 Å². The molecule has 1 aromatic heterocycles. The van der Waals surface area contributed by atoms with E-state index in [2.05, 4.69) is 24.1 Å². The fourth-order valence-electron chi connectivity index (χ4n) is 3.10. The molecule has 1 unspecified atom stereocenters. The highest BCUT2D eigenvalue weighted by Crippen LogP contribution is 2.12. The molecule has 1 atom stereocenters. The van der Waals surface area contributed by atoms with E-state index in [1.807, 2.05) is 0 Å². The van der Waals surface area contributed by atoms with E-state index >= 15 is 0 Å². The number of benzene rings is 1. The van der Waals surface area contributed by atoms with Gasteiger partial charge in [-0.1, -0.05) is 26.0 Å². The molecule has 6 heteroatoms. The first-order chi connectivity index (χ1) is 12.0. The Morgan fingerprint density at radius 1 is 1.36 bits per heavy atom. The third-order valence-corrected chi connectivity index (χ3v) is 4.19. The summed E-state index contributed by atoms with van der Waals surface area (Å²) in [5.74, 6) is 0.228. The second-order valence-electron chi connectivity index (χ2n) is 6.83. The van der Waals surface area contributed by atoms with E-state index in [0.29, 0.717) is 30.0 Å². The lowest BCUT2D eigenvalue weighted by Gasteiger charge is -2.33. The number of hydrogen-bond acceptors (Lipinski definition) is 5. The standard InChI is InChI=1S/C19H24N2O4/c1-13(2)11-21-7-8-24-14(12-21)10-20-19(23)18-9-16(22)15-5-3-4-6-17(15)25-18/h3-6,9,13-14H,7-8,10-12H2,1-2H3,(H,20,23). The molecule has 0 bridgehead atoms. The summed E-state index contributed by atoms with van der Waals surface area (Å²) >= 11 is 0. The zero-order valence-corrected chi connectivity index (χ0v) is 14.7. The van der Waals surface area contributed by atoms with Gasteiger partial charge >= 0.3 is 0 Å². The van der Waals surface area contributed by atoms with Crippen molar-refractivity contribution in [2.75, 3.05) is 32.8 Å². The van der Waals surface area contributed by atoms with Gasteiger partial charge in [-0.15, -0.1) is 0 Å². The average Bonchev–Trinajstić information content (AvgIpc) is 2.59. The maximum absolute atomic E-state index is 12.3. The van der Waals surface area contributed by atoms with Gasteiger partial charge in [0.05, 0.1) is 18.1 Å². The number of nitrogens with zero attached hydrogens (tertiary/aromatic N) is 1. The molecule has 0 aliphatic carbocycles. The fourth-order valence-corrected chi connectivity index (χ4v) is 3.10. The zero-order chi connectivity index (χ0) is 17.8. The van der Waals surface area contributed by atoms with Crippen LogP contribution in [0.15, 0.2) is 39.5 Å². The van der Waals surface area contributed by atoms with Gasteiger partial charge < -0.3 is 14.5 Å². The van der Waals surface area contributed by atoms with Crippen molar-refractivity contribution in [3.05, 3.63) is 46.3 Å². The molecule has 1 aliphatic rings. The first-order valence-electron chi connectivity index (χ1n) is 8.68. The third-order valence-electron chi connectivity index (χ3n) is 4.19. The van der Waals surface area contributed by atoms with Crippen LogP contribution in [0.1, 0.15) is 24.4 Å². The number of rotatable bonds is 5. The molecular formula is C19H24N2O4. The molecule has 6 nitrogen and oxygen atoms in total. The molecule has 0 saturated carbocycles. The van der Waals surface area contributed by atoms with Crippen LogP contribution in [-0.2, 0) is 4.74 Å². The Morgan fingerprint density at radius 3 is 2.96 bits per heavy atom. The van der Waals surface area contributed by atoms with Gasteiger partial charge in [0.2, 0.25) is 0 Å². The monoisotopic (exact) mass is 344 g/mol. The molecule has 1 amide bonds. The van der Waals surface area contributed by atoms with Gasteiger partial charge in [-0.05, 0) is 18.1 Å². The number of para-hydroxylation sites is 1. The molecule has 1 N–H and O–H groups in total. The highest BCUT2D eigenvalue weighted by molar-refractivity contribution is 5.93. The Kier molecular flexibility index (Phi) is 5.50. The van der Waals surface area contributed by atoms with E-state index in [4.69, 9.17) is 9.15 Å². The van der Waals surface area contributed by atoms with Crippen LogP contribution in [0.5, 0.6) is 0 Å². The van der Waals surface area contributed by atoms with Crippen LogP contribution in [-0.4, -0.2) is 49.7 Å². The highest BCUT2D eigenvalue weighted by atomic mass is 16.5. The van der Waals surface area contributed by atoms with Crippen LogP contribution in [0.3, 0.4) is 0 Å². The van der Waals surface area contributed by atoms with Gasteiger partial charge in [-0.25, -0.2) is 0 Å². The van der Waals surface area contributed by atoms with Crippen molar-refractivity contribution in [2.24, 2.45) is 5.92 Å². The molecular weight excluding hydrogens is 320 g/mol. The minimum absolute atomic E-state index is 0.0264. The second kappa shape index (κ2) is 7.80. The zero-order valence-electron chi connectivity index (χ0n) is 14.7. The van der Waals surface area contributed by atoms with E-state index in [1.165, 1.54) is 6.07 Å². The maximum Gasteiger partial charge on any atom is 0.287 e. The summed E-state index contributed by atoms with van der Waals surface area (Å²) in [7, 11) is 0. The smallest absolute Gasteiger partial charge is 0.287 e. The molecule has 2 heterocycles. The lowest BCUT2D eigenvalue weighted by atomic mass is 10.2. The third kappa shape index (κ3) is 4.46. The summed E-state index contributed by atoms with van der Waals surface area (Å²) in [6.07, 6.45) is -0.0522. The molecule has 134 valence electrons. The van der Waals surface area contributed by atoms with E-state index in [-0.39, 0.29) is 17.3 Å². The number of ether oxygens (including phenoxy) is 1. The van der Waals surface area contributed by atoms with Gasteiger partial charge in [0, 0.05) is 32.2 Å². The molecule has 0 spiro atoms. The normalized spacial score (nSPS) is 18.6. The Labute approximate surface area is 146 Å². The Hall–Kier alpha value is -2.18. The summed E-state index contributed by atoms with van der Waals surface area (Å²) in [4.78, 5) is 26.8. The Morgan fingerprint density at radius 2 is 2.16 bits per heavy atom. The van der Waals surface area contributed by atoms with Crippen molar-refractivity contribution in [2.45, 2.75) is 20.0 Å². The van der Waals surface area contributed by atoms with Crippen LogP contribution in [0.2, 0.25) is 0 Å². The van der Waals surface area contributed by atoms with Gasteiger partial charge in [-0.2, -0.15) is 0 Å². The first-order valence-corrected chi connectivity index (χ1v) is 8.68. The van der Waals surface area contributed by atoms with Crippen molar-refractivity contribution >= 4 is 16.9 Å². The number of carbonyl (C=O) groups is 1. The predicted molar refractivity (Wildman–Crippen MR) is 95.8 cm³/mol. The first kappa shape index (κ1) is 17.6. The molecule has 2 aromatic rings. The SMILES string of the molecule is CC(C)CN1CCOC(CNC(=O)c2cc(=O)c3ccccc3o2)C1. The van der Waals surface area contributed by atoms with Gasteiger partial charge in [-0.3, -0.25) is 14.5 Å². The molecule has 1 fully saturated rings. The van der Waals surface area contributed by atoms with Crippen LogP contribution in [0, 0.1) is 5.92 Å². The van der Waals surface area contributed by atoms with E-state index < -0.39 is 5.91 Å². The highest BCUT2D eigenvalue weighted by Gasteiger charge is 2.22. The van der Waals surface area contributed by atoms with E-state index in [0.717, 1.165) is 19.6 Å². The van der Waals surface area contributed by atoms with Crippen molar-refractivity contribution in [1.82, 2.24) is 10.2 Å². The molecule has 3 rings (SSSR count). The summed E-state index contributed by atoms with van der Waals surface area (Å²) < 4.78 is 11.3. The van der Waals surface area contributed by atoms with Gasteiger partial charge in [0.1, 0.15) is 5.58 Å². The lowest BCUT2D eigenvalue weighted by Crippen LogP contribution is -2.48. The minimum Gasteiger partial charge on any atom is -0.451 e. The number of carbonyl (C=O) groups excluding carboxylic acids is 1. The van der Waals surface area contributed by atoms with Gasteiger partial charge in [0.25, 0.3) is 5.91 Å². The average molecular weight is 344 g/mol. The van der Waals surface area contributed by atoms with E-state index in [9.17, 15) is 9.59 Å². The Bertz CT molecular complexity index is 799. The summed E-state index contributed by atoms with van der Waals surface area (Å²) in [5.41, 5.74) is 0.196. The number of nitrogens with one attached hydrogen (secondary N) is 1. The molecule has 1 aromatic carbocycles. The molecule has 25 heavy (non-hydrogen) atoms. The van der Waals surface area contributed by atoms with Crippen molar-refractivity contribution in [1.29, 1.82) is 0 Å². The van der Waals surface area contributed by atoms with Crippen molar-refractivity contribution in [3.63, 3.8) is 0 Å². The fraction of sp³-hybridized carbons (Fsp3) is 0.474. The lowest BCUT2D eigenvalue weighted by molar-refractivity contribution is -0.0296. The number of amides is 1. The van der Waals surface area contributed by atoms with Crippen LogP contribution in [0.25, 0.3) is 11.0 Å². The van der Waals surface area contributed by atoms with Crippen LogP contribution >= 0.6 is 0 Å². The predicted octanol–water partition coefficient (Wildman–Crippen LogP) is 1.88. The van der Waals surface area contributed by atoms with Gasteiger partial charge in [0.15, 0.2) is 11.2 Å². The van der Waals surface area contributed by atoms with Crippen molar-refractivity contribution < 1.29 is 13.9 Å². The summed E-state index contributed by atoms with van der Waals surface area (Å²) in [6, 6.07) is 8.14. The summed E-state index contributed by atoms with van der Waals surface area (Å²) in [6.45, 7) is 8.17. The Balaban J connectivity index is 1.62. The van der Waals surface area contributed by atoms with Crippen molar-refractivity contribution in [3.8, 4) is 0 Å². The maximum atomic E-state index is 12.3. The second-order valence-corrected chi connectivity index (χ2v) is 6.83. The summed E-state index contributed by atoms with van der Waals surface area (Å²) in [5, 5.41) is 3.28. The van der Waals surface area contributed by atoms with Crippen LogP contribution < -0.4 is 10.7 Å². The largest absolute Gasteiger partial charge is 0.451 e. The molecule has 1 saturated heterocycles. The van der Waals surface area contributed by atoms with E-state index in [1.54, 1.807) is 24.3 Å². The topological polar surface area (TPSA) is 71.8 Å². The molecule has 0 radical (unpaired) electrons. The quantitative estimate of drug-likeness (QED) is 0.897. The number of morpholine rings is 1. The number of hydrogen-bond donors (Lipinski definition) is 1. The number of fused-ring (bicyclic) bond motifs is 1. The minimum atomic E-state index is -0.396. The molecule has 1 aliphatic heterocycles.